The van der Waals surface area contributed by atoms with E-state index in [-0.39, 0.29) is 24.4 Å². The predicted octanol–water partition coefficient (Wildman–Crippen LogP) is 6.03. The highest BCUT2D eigenvalue weighted by molar-refractivity contribution is 5.85. The standard InChI is InChI=1S/C28H23NO3/c30-20-22-13-11-21(12-14-22)17-27(31)18-23-15-16-26(19-28(23)32)29(24-7-3-1-4-8-24)25-9-5-2-6-10-25/h1-16,19-20,32H,17-18H2. The van der Waals surface area contributed by atoms with Crippen molar-refractivity contribution in [1.29, 1.82) is 0 Å². The van der Waals surface area contributed by atoms with Gasteiger partial charge in [0.25, 0.3) is 0 Å². The molecule has 4 aromatic carbocycles. The molecule has 0 saturated heterocycles. The Bertz CT molecular complexity index is 1160. The molecule has 0 aliphatic carbocycles. The lowest BCUT2D eigenvalue weighted by Crippen LogP contribution is -2.10. The maximum absolute atomic E-state index is 12.6. The molecule has 0 aliphatic heterocycles. The molecule has 0 unspecified atom stereocenters. The van der Waals surface area contributed by atoms with Gasteiger partial charge in [0.15, 0.2) is 0 Å². The third kappa shape index (κ3) is 4.93. The van der Waals surface area contributed by atoms with E-state index in [4.69, 9.17) is 0 Å². The van der Waals surface area contributed by atoms with Gasteiger partial charge in [0, 0.05) is 47.1 Å². The molecule has 4 heteroatoms. The summed E-state index contributed by atoms with van der Waals surface area (Å²) in [5.41, 5.74) is 4.76. The van der Waals surface area contributed by atoms with Crippen LogP contribution in [0.1, 0.15) is 21.5 Å². The second-order valence-corrected chi connectivity index (χ2v) is 7.57. The van der Waals surface area contributed by atoms with Crippen LogP contribution in [0, 0.1) is 0 Å². The largest absolute Gasteiger partial charge is 0.508 e. The number of ketones is 1. The van der Waals surface area contributed by atoms with E-state index in [0.29, 0.717) is 11.1 Å². The van der Waals surface area contributed by atoms with Gasteiger partial charge in [-0.05, 0) is 35.9 Å². The van der Waals surface area contributed by atoms with Crippen molar-refractivity contribution in [2.24, 2.45) is 0 Å². The van der Waals surface area contributed by atoms with Gasteiger partial charge in [0.1, 0.15) is 17.8 Å². The van der Waals surface area contributed by atoms with Crippen molar-refractivity contribution in [3.63, 3.8) is 0 Å². The highest BCUT2D eigenvalue weighted by Gasteiger charge is 2.15. The lowest BCUT2D eigenvalue weighted by atomic mass is 10.0. The fourth-order valence-corrected chi connectivity index (χ4v) is 3.66. The minimum Gasteiger partial charge on any atom is -0.508 e. The molecule has 0 heterocycles. The van der Waals surface area contributed by atoms with Crippen molar-refractivity contribution in [2.45, 2.75) is 12.8 Å². The molecule has 0 aliphatic rings. The van der Waals surface area contributed by atoms with Crippen LogP contribution in [0.5, 0.6) is 5.75 Å². The van der Waals surface area contributed by atoms with Gasteiger partial charge in [-0.3, -0.25) is 9.59 Å². The third-order valence-corrected chi connectivity index (χ3v) is 5.26. The molecule has 0 radical (unpaired) electrons. The summed E-state index contributed by atoms with van der Waals surface area (Å²) in [7, 11) is 0. The Hall–Kier alpha value is -4.18. The smallest absolute Gasteiger partial charge is 0.150 e. The van der Waals surface area contributed by atoms with E-state index in [9.17, 15) is 14.7 Å². The molecule has 4 rings (SSSR count). The number of rotatable bonds is 8. The van der Waals surface area contributed by atoms with Crippen LogP contribution < -0.4 is 4.90 Å². The zero-order chi connectivity index (χ0) is 22.3. The lowest BCUT2D eigenvalue weighted by molar-refractivity contribution is -0.117. The van der Waals surface area contributed by atoms with Gasteiger partial charge in [0.2, 0.25) is 0 Å². The first-order valence-electron chi connectivity index (χ1n) is 10.4. The quantitative estimate of drug-likeness (QED) is 0.353. The van der Waals surface area contributed by atoms with Crippen LogP contribution in [0.2, 0.25) is 0 Å². The van der Waals surface area contributed by atoms with Crippen molar-refractivity contribution in [2.75, 3.05) is 4.90 Å². The molecular formula is C28H23NO3. The Kier molecular flexibility index (Phi) is 6.42. The number of aromatic hydroxyl groups is 1. The number of phenolic OH excluding ortho intramolecular Hbond substituents is 1. The number of benzene rings is 4. The van der Waals surface area contributed by atoms with Crippen molar-refractivity contribution in [3.8, 4) is 5.75 Å². The van der Waals surface area contributed by atoms with E-state index in [1.54, 1.807) is 36.4 Å². The first-order valence-corrected chi connectivity index (χ1v) is 10.4. The summed E-state index contributed by atoms with van der Waals surface area (Å²) in [4.78, 5) is 25.4. The fourth-order valence-electron chi connectivity index (χ4n) is 3.66. The normalized spacial score (nSPS) is 10.5. The summed E-state index contributed by atoms with van der Waals surface area (Å²) < 4.78 is 0. The number of anilines is 3. The summed E-state index contributed by atoms with van der Waals surface area (Å²) in [6.07, 6.45) is 1.16. The summed E-state index contributed by atoms with van der Waals surface area (Å²) in [6.45, 7) is 0. The minimum absolute atomic E-state index is 0.00474. The number of nitrogens with zero attached hydrogens (tertiary/aromatic N) is 1. The number of phenols is 1. The summed E-state index contributed by atoms with van der Waals surface area (Å²) in [5, 5.41) is 10.7. The third-order valence-electron chi connectivity index (χ3n) is 5.26. The molecule has 1 N–H and O–H groups in total. The maximum atomic E-state index is 12.6. The maximum Gasteiger partial charge on any atom is 0.150 e. The lowest BCUT2D eigenvalue weighted by Gasteiger charge is -2.25. The van der Waals surface area contributed by atoms with Gasteiger partial charge >= 0.3 is 0 Å². The molecule has 0 amide bonds. The molecule has 0 saturated carbocycles. The molecule has 0 fully saturated rings. The van der Waals surface area contributed by atoms with Crippen molar-refractivity contribution in [1.82, 2.24) is 0 Å². The number of Topliss-reactive ketones (excluding diaryl/α,β-unsaturated/α-hetero) is 1. The van der Waals surface area contributed by atoms with E-state index >= 15 is 0 Å². The van der Waals surface area contributed by atoms with Gasteiger partial charge < -0.3 is 10.0 Å². The second-order valence-electron chi connectivity index (χ2n) is 7.57. The van der Waals surface area contributed by atoms with Crippen LogP contribution in [0.3, 0.4) is 0 Å². The van der Waals surface area contributed by atoms with Crippen LogP contribution in [0.4, 0.5) is 17.1 Å². The van der Waals surface area contributed by atoms with E-state index in [1.165, 1.54) is 0 Å². The Balaban J connectivity index is 1.56. The van der Waals surface area contributed by atoms with E-state index in [1.807, 2.05) is 66.7 Å². The number of hydrogen-bond donors (Lipinski definition) is 1. The number of carbonyl (C=O) groups is 2. The molecule has 0 atom stereocenters. The van der Waals surface area contributed by atoms with Crippen molar-refractivity contribution in [3.05, 3.63) is 120 Å². The summed E-state index contributed by atoms with van der Waals surface area (Å²) >= 11 is 0. The van der Waals surface area contributed by atoms with Gasteiger partial charge in [-0.15, -0.1) is 0 Å². The van der Waals surface area contributed by atoms with Gasteiger partial charge in [-0.1, -0.05) is 66.7 Å². The topological polar surface area (TPSA) is 57.6 Å². The highest BCUT2D eigenvalue weighted by atomic mass is 16.3. The molecule has 158 valence electrons. The van der Waals surface area contributed by atoms with Gasteiger partial charge in [0.05, 0.1) is 0 Å². The minimum atomic E-state index is -0.00474. The predicted molar refractivity (Wildman–Crippen MR) is 127 cm³/mol. The van der Waals surface area contributed by atoms with Crippen molar-refractivity contribution < 1.29 is 14.7 Å². The monoisotopic (exact) mass is 421 g/mol. The van der Waals surface area contributed by atoms with E-state index < -0.39 is 0 Å². The number of carbonyl (C=O) groups excluding carboxylic acids is 2. The second kappa shape index (κ2) is 9.75. The van der Waals surface area contributed by atoms with Crippen LogP contribution >= 0.6 is 0 Å². The molecular weight excluding hydrogens is 398 g/mol. The van der Waals surface area contributed by atoms with Crippen molar-refractivity contribution >= 4 is 29.1 Å². The molecule has 4 nitrogen and oxygen atoms in total. The average Bonchev–Trinajstić information content (AvgIpc) is 2.83. The van der Waals surface area contributed by atoms with Gasteiger partial charge in [-0.2, -0.15) is 0 Å². The van der Waals surface area contributed by atoms with Crippen LogP contribution in [0.15, 0.2) is 103 Å². The molecule has 32 heavy (non-hydrogen) atoms. The molecule has 4 aromatic rings. The molecule has 0 spiro atoms. The number of aldehydes is 1. The number of para-hydroxylation sites is 2. The Morgan fingerprint density at radius 2 is 1.31 bits per heavy atom. The molecule has 0 bridgehead atoms. The van der Waals surface area contributed by atoms with Gasteiger partial charge in [-0.25, -0.2) is 0 Å². The van der Waals surface area contributed by atoms with Crippen LogP contribution in [-0.4, -0.2) is 17.2 Å². The van der Waals surface area contributed by atoms with E-state index in [0.717, 1.165) is 28.9 Å². The average molecular weight is 421 g/mol. The SMILES string of the molecule is O=Cc1ccc(CC(=O)Cc2ccc(N(c3ccccc3)c3ccccc3)cc2O)cc1. The first-order chi connectivity index (χ1) is 15.6. The summed E-state index contributed by atoms with van der Waals surface area (Å²) in [6, 6.07) is 32.2. The Labute approximate surface area is 187 Å². The van der Waals surface area contributed by atoms with Crippen LogP contribution in [0.25, 0.3) is 0 Å². The zero-order valence-corrected chi connectivity index (χ0v) is 17.5. The van der Waals surface area contributed by atoms with E-state index in [2.05, 4.69) is 4.90 Å². The molecule has 0 aromatic heterocycles. The van der Waals surface area contributed by atoms with Crippen LogP contribution in [-0.2, 0) is 17.6 Å². The fraction of sp³-hybridized carbons (Fsp3) is 0.0714. The highest BCUT2D eigenvalue weighted by Crippen LogP contribution is 2.36. The zero-order valence-electron chi connectivity index (χ0n) is 17.5. The number of hydrogen-bond acceptors (Lipinski definition) is 4. The first kappa shape index (κ1) is 21.1. The Morgan fingerprint density at radius 3 is 1.84 bits per heavy atom. The summed E-state index contributed by atoms with van der Waals surface area (Å²) in [5.74, 6) is 0.0823. The Morgan fingerprint density at radius 1 is 0.719 bits per heavy atom.